The van der Waals surface area contributed by atoms with E-state index in [9.17, 15) is 0 Å². The number of hydrogen-bond acceptors (Lipinski definition) is 2. The molecule has 4 rings (SSSR count). The minimum absolute atomic E-state index is 0.715. The number of nitriles is 1. The third-order valence-electron chi connectivity index (χ3n) is 5.77. The van der Waals surface area contributed by atoms with Gasteiger partial charge in [0.15, 0.2) is 0 Å². The summed E-state index contributed by atoms with van der Waals surface area (Å²) in [5.41, 5.74) is 4.61. The van der Waals surface area contributed by atoms with Crippen LogP contribution in [0.2, 0.25) is 0 Å². The average Bonchev–Trinajstić information content (AvgIpc) is 3.29. The van der Waals surface area contributed by atoms with E-state index in [-0.39, 0.29) is 0 Å². The Bertz CT molecular complexity index is 739. The molecule has 0 amide bonds. The number of benzene rings is 2. The molecular formula is C22H24N2. The first-order valence-electron chi connectivity index (χ1n) is 9.09. The Hall–Kier alpha value is -2.11. The van der Waals surface area contributed by atoms with Gasteiger partial charge in [0, 0.05) is 12.6 Å². The van der Waals surface area contributed by atoms with Gasteiger partial charge in [-0.05, 0) is 73.4 Å². The van der Waals surface area contributed by atoms with E-state index in [1.54, 1.807) is 0 Å². The molecule has 0 radical (unpaired) electrons. The molecule has 0 bridgehead atoms. The van der Waals surface area contributed by atoms with E-state index in [1.807, 2.05) is 24.3 Å². The molecule has 122 valence electrons. The van der Waals surface area contributed by atoms with Crippen LogP contribution in [0.5, 0.6) is 0 Å². The van der Waals surface area contributed by atoms with Gasteiger partial charge in [-0.15, -0.1) is 0 Å². The number of rotatable bonds is 4. The SMILES string of the molecule is C[C@@H]1CCCN1CC1C[C@H]1c1ccc(-c2ccc(C#N)cc2)cc1. The van der Waals surface area contributed by atoms with Gasteiger partial charge >= 0.3 is 0 Å². The lowest BCUT2D eigenvalue weighted by Crippen LogP contribution is -2.29. The van der Waals surface area contributed by atoms with Crippen LogP contribution >= 0.6 is 0 Å². The maximum absolute atomic E-state index is 8.89. The van der Waals surface area contributed by atoms with Crippen molar-refractivity contribution >= 4 is 0 Å². The van der Waals surface area contributed by atoms with Crippen LogP contribution in [0, 0.1) is 17.2 Å². The highest BCUT2D eigenvalue weighted by Gasteiger charge is 2.40. The fourth-order valence-corrected chi connectivity index (χ4v) is 4.08. The summed E-state index contributed by atoms with van der Waals surface area (Å²) in [4.78, 5) is 2.68. The molecule has 2 aliphatic rings. The molecule has 2 aromatic carbocycles. The average molecular weight is 316 g/mol. The molecular weight excluding hydrogens is 292 g/mol. The minimum atomic E-state index is 0.715. The molecule has 2 fully saturated rings. The van der Waals surface area contributed by atoms with Gasteiger partial charge in [0.25, 0.3) is 0 Å². The van der Waals surface area contributed by atoms with Crippen LogP contribution in [-0.2, 0) is 0 Å². The standard InChI is InChI=1S/C22H24N2/c1-16-3-2-12-24(16)15-21-13-22(21)20-10-8-19(9-11-20)18-6-4-17(14-23)5-7-18/h4-11,16,21-22H,2-3,12-13,15H2,1H3/t16-,21?,22+/m1/s1. The van der Waals surface area contributed by atoms with Gasteiger partial charge in [-0.25, -0.2) is 0 Å². The quantitative estimate of drug-likeness (QED) is 0.809. The molecule has 2 nitrogen and oxygen atoms in total. The first-order chi connectivity index (χ1) is 11.7. The van der Waals surface area contributed by atoms with Gasteiger partial charge in [0.1, 0.15) is 0 Å². The predicted octanol–water partition coefficient (Wildman–Crippen LogP) is 4.81. The summed E-state index contributed by atoms with van der Waals surface area (Å²) < 4.78 is 0. The maximum atomic E-state index is 8.89. The van der Waals surface area contributed by atoms with Crippen LogP contribution < -0.4 is 0 Å². The second-order valence-electron chi connectivity index (χ2n) is 7.40. The fraction of sp³-hybridized carbons (Fsp3) is 0.409. The van der Waals surface area contributed by atoms with Gasteiger partial charge in [-0.3, -0.25) is 0 Å². The molecule has 0 aromatic heterocycles. The van der Waals surface area contributed by atoms with E-state index in [0.717, 1.165) is 17.9 Å². The first-order valence-corrected chi connectivity index (χ1v) is 9.09. The smallest absolute Gasteiger partial charge is 0.0991 e. The summed E-state index contributed by atoms with van der Waals surface area (Å²) in [5.74, 6) is 1.61. The van der Waals surface area contributed by atoms with E-state index in [2.05, 4.69) is 42.2 Å². The van der Waals surface area contributed by atoms with Crippen molar-refractivity contribution in [2.45, 2.75) is 38.1 Å². The fourth-order valence-electron chi connectivity index (χ4n) is 4.08. The van der Waals surface area contributed by atoms with E-state index < -0.39 is 0 Å². The third-order valence-corrected chi connectivity index (χ3v) is 5.77. The molecule has 1 saturated heterocycles. The largest absolute Gasteiger partial charge is 0.300 e. The summed E-state index contributed by atoms with van der Waals surface area (Å²) in [6.07, 6.45) is 4.09. The van der Waals surface area contributed by atoms with Crippen LogP contribution in [0.3, 0.4) is 0 Å². The summed E-state index contributed by atoms with van der Waals surface area (Å²) in [6.45, 7) is 4.95. The number of likely N-dealkylation sites (tertiary alicyclic amines) is 1. The van der Waals surface area contributed by atoms with E-state index >= 15 is 0 Å². The van der Waals surface area contributed by atoms with Crippen molar-refractivity contribution in [3.63, 3.8) is 0 Å². The zero-order chi connectivity index (χ0) is 16.5. The highest BCUT2D eigenvalue weighted by molar-refractivity contribution is 5.64. The van der Waals surface area contributed by atoms with Crippen molar-refractivity contribution in [2.24, 2.45) is 5.92 Å². The van der Waals surface area contributed by atoms with Crippen molar-refractivity contribution in [3.8, 4) is 17.2 Å². The summed E-state index contributed by atoms with van der Waals surface area (Å²) in [7, 11) is 0. The van der Waals surface area contributed by atoms with Crippen molar-refractivity contribution in [2.75, 3.05) is 13.1 Å². The van der Waals surface area contributed by atoms with Gasteiger partial charge in [0.2, 0.25) is 0 Å². The Kier molecular flexibility index (Phi) is 4.12. The lowest BCUT2D eigenvalue weighted by atomic mass is 10.0. The van der Waals surface area contributed by atoms with E-state index in [4.69, 9.17) is 5.26 Å². The first kappa shape index (κ1) is 15.4. The van der Waals surface area contributed by atoms with Gasteiger partial charge in [-0.1, -0.05) is 36.4 Å². The summed E-state index contributed by atoms with van der Waals surface area (Å²) in [6, 6.07) is 19.8. The van der Waals surface area contributed by atoms with Gasteiger partial charge < -0.3 is 4.90 Å². The molecule has 2 heteroatoms. The Balaban J connectivity index is 1.40. The lowest BCUT2D eigenvalue weighted by Gasteiger charge is -2.20. The highest BCUT2D eigenvalue weighted by atomic mass is 15.2. The highest BCUT2D eigenvalue weighted by Crippen LogP contribution is 2.48. The summed E-state index contributed by atoms with van der Waals surface area (Å²) in [5, 5.41) is 8.89. The minimum Gasteiger partial charge on any atom is -0.300 e. The molecule has 24 heavy (non-hydrogen) atoms. The second kappa shape index (κ2) is 6.42. The van der Waals surface area contributed by atoms with Crippen molar-refractivity contribution in [3.05, 3.63) is 59.7 Å². The van der Waals surface area contributed by atoms with Crippen LogP contribution in [0.15, 0.2) is 48.5 Å². The molecule has 0 spiro atoms. The molecule has 1 saturated carbocycles. The molecule has 0 N–H and O–H groups in total. The second-order valence-corrected chi connectivity index (χ2v) is 7.40. The van der Waals surface area contributed by atoms with Gasteiger partial charge in [0.05, 0.1) is 11.6 Å². The number of hydrogen-bond donors (Lipinski definition) is 0. The van der Waals surface area contributed by atoms with Crippen molar-refractivity contribution in [1.29, 1.82) is 5.26 Å². The normalized spacial score (nSPS) is 26.2. The van der Waals surface area contributed by atoms with Crippen LogP contribution in [-0.4, -0.2) is 24.0 Å². The molecule has 1 aliphatic carbocycles. The van der Waals surface area contributed by atoms with Crippen molar-refractivity contribution < 1.29 is 0 Å². The zero-order valence-corrected chi connectivity index (χ0v) is 14.3. The number of nitrogens with zero attached hydrogens (tertiary/aromatic N) is 2. The molecule has 3 atom stereocenters. The summed E-state index contributed by atoms with van der Waals surface area (Å²) >= 11 is 0. The Morgan fingerprint density at radius 2 is 1.71 bits per heavy atom. The van der Waals surface area contributed by atoms with Crippen molar-refractivity contribution in [1.82, 2.24) is 4.90 Å². The Labute approximate surface area is 144 Å². The maximum Gasteiger partial charge on any atom is 0.0991 e. The van der Waals surface area contributed by atoms with Crippen LogP contribution in [0.1, 0.15) is 43.2 Å². The molecule has 2 aromatic rings. The molecule has 1 heterocycles. The monoisotopic (exact) mass is 316 g/mol. The lowest BCUT2D eigenvalue weighted by molar-refractivity contribution is 0.256. The Morgan fingerprint density at radius 3 is 2.29 bits per heavy atom. The zero-order valence-electron chi connectivity index (χ0n) is 14.3. The molecule has 1 aliphatic heterocycles. The predicted molar refractivity (Wildman–Crippen MR) is 97.7 cm³/mol. The van der Waals surface area contributed by atoms with E-state index in [1.165, 1.54) is 49.0 Å². The topological polar surface area (TPSA) is 27.0 Å². The van der Waals surface area contributed by atoms with Crippen LogP contribution in [0.4, 0.5) is 0 Å². The van der Waals surface area contributed by atoms with Crippen LogP contribution in [0.25, 0.3) is 11.1 Å². The third kappa shape index (κ3) is 3.09. The van der Waals surface area contributed by atoms with Gasteiger partial charge in [-0.2, -0.15) is 5.26 Å². The van der Waals surface area contributed by atoms with E-state index in [0.29, 0.717) is 5.56 Å². The molecule has 1 unspecified atom stereocenters. The Morgan fingerprint density at radius 1 is 1.04 bits per heavy atom.